The Bertz CT molecular complexity index is 693. The molecule has 0 radical (unpaired) electrons. The highest BCUT2D eigenvalue weighted by molar-refractivity contribution is 6.05. The van der Waals surface area contributed by atoms with Crippen molar-refractivity contribution >= 4 is 17.4 Å². The van der Waals surface area contributed by atoms with Crippen LogP contribution in [-0.2, 0) is 16.7 Å². The molecule has 0 bridgehead atoms. The Morgan fingerprint density at radius 3 is 2.81 bits per heavy atom. The molecule has 2 aromatic rings. The number of rotatable bonds is 3. The second-order valence-corrected chi connectivity index (χ2v) is 4.71. The molecule has 0 fully saturated rings. The van der Waals surface area contributed by atoms with E-state index in [4.69, 9.17) is 4.84 Å². The summed E-state index contributed by atoms with van der Waals surface area (Å²) in [5.41, 5.74) is 1.36. The molecule has 1 atom stereocenters. The third-order valence-electron chi connectivity index (χ3n) is 3.10. The monoisotopic (exact) mass is 288 g/mol. The summed E-state index contributed by atoms with van der Waals surface area (Å²) in [4.78, 5) is 17.2. The van der Waals surface area contributed by atoms with Gasteiger partial charge in [-0.3, -0.25) is 9.48 Å². The predicted molar refractivity (Wildman–Crippen MR) is 74.3 cm³/mol. The van der Waals surface area contributed by atoms with Crippen molar-refractivity contribution in [1.82, 2.24) is 9.78 Å². The number of aromatic nitrogens is 2. The lowest BCUT2D eigenvalue weighted by atomic mass is 10.0. The van der Waals surface area contributed by atoms with Crippen LogP contribution in [-0.4, -0.2) is 27.5 Å². The van der Waals surface area contributed by atoms with E-state index in [9.17, 15) is 9.18 Å². The minimum atomic E-state index is -0.702. The summed E-state index contributed by atoms with van der Waals surface area (Å²) in [6.45, 7) is 0. The molecule has 7 heteroatoms. The molecular formula is C14H13FN4O2. The molecule has 1 aromatic heterocycles. The van der Waals surface area contributed by atoms with Crippen LogP contribution < -0.4 is 5.32 Å². The van der Waals surface area contributed by atoms with Gasteiger partial charge in [0.1, 0.15) is 5.82 Å². The first-order chi connectivity index (χ1) is 10.1. The molecule has 0 saturated heterocycles. The quantitative estimate of drug-likeness (QED) is 0.934. The topological polar surface area (TPSA) is 68.5 Å². The summed E-state index contributed by atoms with van der Waals surface area (Å²) in [7, 11) is 1.76. The van der Waals surface area contributed by atoms with Gasteiger partial charge in [0, 0.05) is 25.7 Å². The molecule has 0 saturated carbocycles. The molecule has 1 N–H and O–H groups in total. The van der Waals surface area contributed by atoms with Crippen LogP contribution in [0.5, 0.6) is 0 Å². The van der Waals surface area contributed by atoms with Gasteiger partial charge in [-0.15, -0.1) is 0 Å². The van der Waals surface area contributed by atoms with Crippen LogP contribution in [0.15, 0.2) is 41.7 Å². The number of hydrogen-bond donors (Lipinski definition) is 1. The Kier molecular flexibility index (Phi) is 3.39. The summed E-state index contributed by atoms with van der Waals surface area (Å²) >= 11 is 0. The maximum absolute atomic E-state index is 12.9. The molecule has 108 valence electrons. The molecule has 2 heterocycles. The number of aryl methyl sites for hydroxylation is 1. The van der Waals surface area contributed by atoms with E-state index < -0.39 is 6.10 Å². The zero-order valence-corrected chi connectivity index (χ0v) is 11.3. The number of carbonyl (C=O) groups excluding carboxylic acids is 1. The van der Waals surface area contributed by atoms with E-state index >= 15 is 0 Å². The van der Waals surface area contributed by atoms with Gasteiger partial charge in [0.05, 0.1) is 5.71 Å². The lowest BCUT2D eigenvalue weighted by Gasteiger charge is -2.07. The average molecular weight is 288 g/mol. The van der Waals surface area contributed by atoms with Crippen molar-refractivity contribution in [2.45, 2.75) is 12.5 Å². The zero-order chi connectivity index (χ0) is 14.8. The highest BCUT2D eigenvalue weighted by atomic mass is 19.1. The van der Waals surface area contributed by atoms with Gasteiger partial charge in [-0.2, -0.15) is 5.10 Å². The first-order valence-corrected chi connectivity index (χ1v) is 6.41. The highest BCUT2D eigenvalue weighted by Gasteiger charge is 2.29. The van der Waals surface area contributed by atoms with Crippen molar-refractivity contribution in [3.8, 4) is 0 Å². The molecule has 1 aromatic carbocycles. The van der Waals surface area contributed by atoms with Crippen LogP contribution in [0.2, 0.25) is 0 Å². The lowest BCUT2D eigenvalue weighted by molar-refractivity contribution is -0.125. The Hall–Kier alpha value is -2.70. The molecule has 1 aliphatic heterocycles. The van der Waals surface area contributed by atoms with Crippen LogP contribution in [0.4, 0.5) is 10.2 Å². The number of anilines is 1. The molecule has 0 spiro atoms. The predicted octanol–water partition coefficient (Wildman–Crippen LogP) is 1.69. The second-order valence-electron chi connectivity index (χ2n) is 4.71. The van der Waals surface area contributed by atoms with Crippen LogP contribution in [0.3, 0.4) is 0 Å². The number of amides is 1. The standard InChI is InChI=1S/C14H13FN4O2/c1-19-7-6-13(17-19)16-14(20)12-8-11(18-21-12)9-2-4-10(15)5-3-9/h2-7,12H,8H2,1H3,(H,16,17,20)/t12-/m0/s1. The van der Waals surface area contributed by atoms with Gasteiger partial charge >= 0.3 is 0 Å². The van der Waals surface area contributed by atoms with Crippen LogP contribution in [0.25, 0.3) is 0 Å². The van der Waals surface area contributed by atoms with E-state index in [0.717, 1.165) is 5.56 Å². The van der Waals surface area contributed by atoms with Crippen molar-refractivity contribution < 1.29 is 14.0 Å². The van der Waals surface area contributed by atoms with Crippen LogP contribution in [0, 0.1) is 5.82 Å². The minimum absolute atomic E-state index is 0.311. The first kappa shape index (κ1) is 13.3. The molecule has 3 rings (SSSR count). The highest BCUT2D eigenvalue weighted by Crippen LogP contribution is 2.18. The van der Waals surface area contributed by atoms with Crippen molar-refractivity contribution in [1.29, 1.82) is 0 Å². The van der Waals surface area contributed by atoms with E-state index in [1.54, 1.807) is 36.1 Å². The Morgan fingerprint density at radius 1 is 1.38 bits per heavy atom. The Labute approximate surface area is 120 Å². The number of carbonyl (C=O) groups is 1. The van der Waals surface area contributed by atoms with Gasteiger partial charge in [0.25, 0.3) is 5.91 Å². The fraction of sp³-hybridized carbons (Fsp3) is 0.214. The van der Waals surface area contributed by atoms with E-state index in [1.807, 2.05) is 0 Å². The summed E-state index contributed by atoms with van der Waals surface area (Å²) in [6.07, 6.45) is 1.36. The maximum Gasteiger partial charge on any atom is 0.269 e. The van der Waals surface area contributed by atoms with Gasteiger partial charge in [0.15, 0.2) is 5.82 Å². The van der Waals surface area contributed by atoms with Gasteiger partial charge in [-0.25, -0.2) is 4.39 Å². The average Bonchev–Trinajstić information content (AvgIpc) is 3.09. The summed E-state index contributed by atoms with van der Waals surface area (Å²) in [6, 6.07) is 7.60. The van der Waals surface area contributed by atoms with E-state index in [1.165, 1.54) is 12.1 Å². The molecule has 21 heavy (non-hydrogen) atoms. The van der Waals surface area contributed by atoms with Crippen molar-refractivity contribution in [2.75, 3.05) is 5.32 Å². The Balaban J connectivity index is 1.63. The molecule has 0 aliphatic carbocycles. The fourth-order valence-electron chi connectivity index (χ4n) is 2.02. The van der Waals surface area contributed by atoms with Crippen LogP contribution in [0.1, 0.15) is 12.0 Å². The molecule has 1 amide bonds. The third-order valence-corrected chi connectivity index (χ3v) is 3.10. The maximum atomic E-state index is 12.9. The van der Waals surface area contributed by atoms with Gasteiger partial charge in [-0.05, 0) is 17.7 Å². The van der Waals surface area contributed by atoms with Gasteiger partial charge < -0.3 is 10.2 Å². The number of halogens is 1. The number of hydrogen-bond acceptors (Lipinski definition) is 4. The van der Waals surface area contributed by atoms with Crippen molar-refractivity contribution in [3.63, 3.8) is 0 Å². The number of nitrogens with zero attached hydrogens (tertiary/aromatic N) is 3. The van der Waals surface area contributed by atoms with Gasteiger partial charge in [0.2, 0.25) is 6.10 Å². The zero-order valence-electron chi connectivity index (χ0n) is 11.3. The normalized spacial score (nSPS) is 17.2. The number of oxime groups is 1. The number of nitrogens with one attached hydrogen (secondary N) is 1. The lowest BCUT2D eigenvalue weighted by Crippen LogP contribution is -2.28. The summed E-state index contributed by atoms with van der Waals surface area (Å²) in [5.74, 6) is -0.168. The van der Waals surface area contributed by atoms with Gasteiger partial charge in [-0.1, -0.05) is 17.3 Å². The third kappa shape index (κ3) is 2.91. The van der Waals surface area contributed by atoms with E-state index in [2.05, 4.69) is 15.6 Å². The van der Waals surface area contributed by atoms with Crippen molar-refractivity contribution in [3.05, 3.63) is 47.9 Å². The second kappa shape index (κ2) is 5.35. The van der Waals surface area contributed by atoms with E-state index in [-0.39, 0.29) is 11.7 Å². The SMILES string of the molecule is Cn1ccc(NC(=O)[C@@H]2CC(c3ccc(F)cc3)=NO2)n1. The molecule has 0 unspecified atom stereocenters. The largest absolute Gasteiger partial charge is 0.382 e. The Morgan fingerprint density at radius 2 is 2.14 bits per heavy atom. The first-order valence-electron chi connectivity index (χ1n) is 6.41. The van der Waals surface area contributed by atoms with Crippen molar-refractivity contribution in [2.24, 2.45) is 12.2 Å². The summed E-state index contributed by atoms with van der Waals surface area (Å²) in [5, 5.41) is 10.6. The number of benzene rings is 1. The molecule has 1 aliphatic rings. The van der Waals surface area contributed by atoms with Crippen LogP contribution >= 0.6 is 0 Å². The minimum Gasteiger partial charge on any atom is -0.382 e. The summed E-state index contributed by atoms with van der Waals surface area (Å²) < 4.78 is 14.5. The smallest absolute Gasteiger partial charge is 0.269 e. The fourth-order valence-corrected chi connectivity index (χ4v) is 2.02. The van der Waals surface area contributed by atoms with E-state index in [0.29, 0.717) is 18.0 Å². The molecular weight excluding hydrogens is 275 g/mol. The molecule has 6 nitrogen and oxygen atoms in total.